The van der Waals surface area contributed by atoms with Gasteiger partial charge in [-0.15, -0.1) is 0 Å². The fourth-order valence-corrected chi connectivity index (χ4v) is 2.15. The summed E-state index contributed by atoms with van der Waals surface area (Å²) in [7, 11) is 0. The van der Waals surface area contributed by atoms with Gasteiger partial charge in [0.15, 0.2) is 0 Å². The lowest BCUT2D eigenvalue weighted by atomic mass is 10.1. The molecule has 0 spiro atoms. The minimum Gasteiger partial charge on any atom is -0.342 e. The van der Waals surface area contributed by atoms with E-state index in [0.717, 1.165) is 33.9 Å². The maximum absolute atomic E-state index is 5.66. The molecule has 2 aromatic heterocycles. The quantitative estimate of drug-likeness (QED) is 0.671. The van der Waals surface area contributed by atoms with Crippen molar-refractivity contribution in [2.24, 2.45) is 5.73 Å². The van der Waals surface area contributed by atoms with Crippen molar-refractivity contribution in [2.45, 2.75) is 19.8 Å². The largest absolute Gasteiger partial charge is 0.342 e. The molecule has 98 valence electrons. The molecule has 5 nitrogen and oxygen atoms in total. The highest BCUT2D eigenvalue weighted by atomic mass is 14.9. The Morgan fingerprint density at radius 2 is 2.16 bits per heavy atom. The van der Waals surface area contributed by atoms with Crippen LogP contribution in [0.2, 0.25) is 0 Å². The molecule has 0 saturated carbocycles. The molecule has 0 fully saturated rings. The van der Waals surface area contributed by atoms with E-state index in [4.69, 9.17) is 5.73 Å². The van der Waals surface area contributed by atoms with Crippen LogP contribution >= 0.6 is 0 Å². The number of nitrogens with zero attached hydrogens (tertiary/aromatic N) is 2. The Morgan fingerprint density at radius 1 is 1.32 bits per heavy atom. The molecular formula is C14H17N5. The van der Waals surface area contributed by atoms with Crippen LogP contribution in [0.4, 0.5) is 0 Å². The van der Waals surface area contributed by atoms with Crippen LogP contribution in [-0.4, -0.2) is 26.5 Å². The molecule has 0 saturated heterocycles. The molecule has 0 bridgehead atoms. The Hall–Kier alpha value is -2.14. The molecule has 0 aliphatic carbocycles. The normalized spacial score (nSPS) is 13.0. The lowest BCUT2D eigenvalue weighted by molar-refractivity contribution is 0.725. The van der Waals surface area contributed by atoms with Crippen molar-refractivity contribution in [3.05, 3.63) is 36.0 Å². The highest BCUT2D eigenvalue weighted by Gasteiger charge is 2.10. The van der Waals surface area contributed by atoms with Gasteiger partial charge in [0.05, 0.1) is 22.9 Å². The second-order valence-electron chi connectivity index (χ2n) is 4.87. The van der Waals surface area contributed by atoms with E-state index in [9.17, 15) is 0 Å². The van der Waals surface area contributed by atoms with Gasteiger partial charge < -0.3 is 15.7 Å². The Labute approximate surface area is 111 Å². The zero-order chi connectivity index (χ0) is 13.4. The third-order valence-corrected chi connectivity index (χ3v) is 3.33. The minimum atomic E-state index is 0.242. The van der Waals surface area contributed by atoms with Crippen molar-refractivity contribution in [1.82, 2.24) is 19.9 Å². The molecule has 1 unspecified atom stereocenters. The lowest BCUT2D eigenvalue weighted by Gasteiger charge is -2.03. The number of fused-ring (bicyclic) bond motifs is 1. The summed E-state index contributed by atoms with van der Waals surface area (Å²) in [6.45, 7) is 4.60. The SMILES string of the molecule is Cc1nc2ccc(-c3cnc(C(C)CN)[nH]3)cc2[nH]1. The maximum Gasteiger partial charge on any atom is 0.110 e. The number of hydrogen-bond donors (Lipinski definition) is 3. The van der Waals surface area contributed by atoms with Gasteiger partial charge in [-0.05, 0) is 19.1 Å². The molecule has 1 atom stereocenters. The van der Waals surface area contributed by atoms with Crippen molar-refractivity contribution in [3.8, 4) is 11.3 Å². The predicted octanol–water partition coefficient (Wildman–Crippen LogP) is 2.32. The van der Waals surface area contributed by atoms with Crippen LogP contribution in [0.1, 0.15) is 24.5 Å². The third-order valence-electron chi connectivity index (χ3n) is 3.33. The molecule has 0 amide bonds. The number of aromatic nitrogens is 4. The molecule has 1 aromatic carbocycles. The second-order valence-corrected chi connectivity index (χ2v) is 4.87. The van der Waals surface area contributed by atoms with Gasteiger partial charge in [0, 0.05) is 18.0 Å². The van der Waals surface area contributed by atoms with E-state index in [1.165, 1.54) is 0 Å². The Balaban J connectivity index is 2.01. The summed E-state index contributed by atoms with van der Waals surface area (Å²) in [6.07, 6.45) is 1.85. The van der Waals surface area contributed by atoms with E-state index in [0.29, 0.717) is 6.54 Å². The van der Waals surface area contributed by atoms with Gasteiger partial charge in [0.25, 0.3) is 0 Å². The number of hydrogen-bond acceptors (Lipinski definition) is 3. The fraction of sp³-hybridized carbons (Fsp3) is 0.286. The van der Waals surface area contributed by atoms with E-state index >= 15 is 0 Å². The van der Waals surface area contributed by atoms with Crippen molar-refractivity contribution in [1.29, 1.82) is 0 Å². The summed E-state index contributed by atoms with van der Waals surface area (Å²) in [6, 6.07) is 6.15. The average molecular weight is 255 g/mol. The number of nitrogens with two attached hydrogens (primary N) is 1. The molecule has 0 radical (unpaired) electrons. The smallest absolute Gasteiger partial charge is 0.110 e. The van der Waals surface area contributed by atoms with Crippen LogP contribution in [0.25, 0.3) is 22.3 Å². The van der Waals surface area contributed by atoms with Gasteiger partial charge in [-0.25, -0.2) is 9.97 Å². The molecule has 0 aliphatic heterocycles. The topological polar surface area (TPSA) is 83.4 Å². The highest BCUT2D eigenvalue weighted by molar-refractivity contribution is 5.81. The first kappa shape index (κ1) is 11.9. The summed E-state index contributed by atoms with van der Waals surface area (Å²) in [5.74, 6) is 2.10. The van der Waals surface area contributed by atoms with E-state index in [2.05, 4.69) is 32.9 Å². The summed E-state index contributed by atoms with van der Waals surface area (Å²) in [4.78, 5) is 15.4. The average Bonchev–Trinajstić information content (AvgIpc) is 3.01. The molecule has 4 N–H and O–H groups in total. The summed E-state index contributed by atoms with van der Waals surface area (Å²) in [5, 5.41) is 0. The van der Waals surface area contributed by atoms with Crippen molar-refractivity contribution >= 4 is 11.0 Å². The fourth-order valence-electron chi connectivity index (χ4n) is 2.15. The van der Waals surface area contributed by atoms with E-state index in [1.807, 2.05) is 25.3 Å². The number of benzene rings is 1. The van der Waals surface area contributed by atoms with Gasteiger partial charge in [-0.2, -0.15) is 0 Å². The summed E-state index contributed by atoms with van der Waals surface area (Å²) < 4.78 is 0. The van der Waals surface area contributed by atoms with E-state index in [-0.39, 0.29) is 5.92 Å². The minimum absolute atomic E-state index is 0.242. The lowest BCUT2D eigenvalue weighted by Crippen LogP contribution is -2.10. The van der Waals surface area contributed by atoms with Crippen molar-refractivity contribution < 1.29 is 0 Å². The molecule has 3 aromatic rings. The monoisotopic (exact) mass is 255 g/mol. The van der Waals surface area contributed by atoms with Crippen LogP contribution in [0.3, 0.4) is 0 Å². The van der Waals surface area contributed by atoms with Gasteiger partial charge >= 0.3 is 0 Å². The number of rotatable bonds is 3. The molecule has 3 rings (SSSR count). The van der Waals surface area contributed by atoms with Gasteiger partial charge in [-0.3, -0.25) is 0 Å². The van der Waals surface area contributed by atoms with Crippen molar-refractivity contribution in [2.75, 3.05) is 6.54 Å². The van der Waals surface area contributed by atoms with Gasteiger partial charge in [0.2, 0.25) is 0 Å². The Bertz CT molecular complexity index is 710. The van der Waals surface area contributed by atoms with Crippen LogP contribution in [0, 0.1) is 6.92 Å². The predicted molar refractivity (Wildman–Crippen MR) is 75.9 cm³/mol. The maximum atomic E-state index is 5.66. The molecule has 2 heterocycles. The molecule has 5 heteroatoms. The zero-order valence-corrected chi connectivity index (χ0v) is 11.1. The van der Waals surface area contributed by atoms with Gasteiger partial charge in [-0.1, -0.05) is 13.0 Å². The molecular weight excluding hydrogens is 238 g/mol. The second kappa shape index (κ2) is 4.51. The standard InChI is InChI=1S/C14H17N5/c1-8(6-15)14-16-7-13(19-14)10-3-4-11-12(5-10)18-9(2)17-11/h3-5,7-8H,6,15H2,1-2H3,(H,16,19)(H,17,18). The highest BCUT2D eigenvalue weighted by Crippen LogP contribution is 2.23. The molecule has 0 aliphatic rings. The van der Waals surface area contributed by atoms with Crippen molar-refractivity contribution in [3.63, 3.8) is 0 Å². The van der Waals surface area contributed by atoms with Crippen LogP contribution in [0.15, 0.2) is 24.4 Å². The number of imidazole rings is 2. The van der Waals surface area contributed by atoms with Crippen LogP contribution in [-0.2, 0) is 0 Å². The zero-order valence-electron chi connectivity index (χ0n) is 11.1. The van der Waals surface area contributed by atoms with Gasteiger partial charge in [0.1, 0.15) is 11.6 Å². The van der Waals surface area contributed by atoms with E-state index < -0.39 is 0 Å². The number of H-pyrrole nitrogens is 2. The first-order valence-electron chi connectivity index (χ1n) is 6.39. The summed E-state index contributed by atoms with van der Waals surface area (Å²) in [5.41, 5.74) is 9.78. The Kier molecular flexibility index (Phi) is 2.83. The molecule has 19 heavy (non-hydrogen) atoms. The number of nitrogens with one attached hydrogen (secondary N) is 2. The van der Waals surface area contributed by atoms with Crippen LogP contribution in [0.5, 0.6) is 0 Å². The third kappa shape index (κ3) is 2.13. The number of aryl methyl sites for hydroxylation is 1. The first-order chi connectivity index (χ1) is 9.17. The van der Waals surface area contributed by atoms with Crippen LogP contribution < -0.4 is 5.73 Å². The number of aromatic amines is 2. The van der Waals surface area contributed by atoms with E-state index in [1.54, 1.807) is 0 Å². The Morgan fingerprint density at radius 3 is 2.95 bits per heavy atom. The first-order valence-corrected chi connectivity index (χ1v) is 6.39. The summed E-state index contributed by atoms with van der Waals surface area (Å²) >= 11 is 0.